The number of ketones is 1. The summed E-state index contributed by atoms with van der Waals surface area (Å²) in [5, 5.41) is 0. The summed E-state index contributed by atoms with van der Waals surface area (Å²) >= 11 is 0. The molecule has 3 rings (SSSR count). The van der Waals surface area contributed by atoms with Crippen LogP contribution in [0.25, 0.3) is 0 Å². The minimum atomic E-state index is 0.410. The third kappa shape index (κ3) is 2.27. The maximum Gasteiger partial charge on any atom is 0.140 e. The van der Waals surface area contributed by atoms with E-state index in [1.807, 2.05) is 0 Å². The van der Waals surface area contributed by atoms with Gasteiger partial charge in [-0.3, -0.25) is 4.79 Å². The van der Waals surface area contributed by atoms with Gasteiger partial charge in [0.2, 0.25) is 0 Å². The predicted octanol–water partition coefficient (Wildman–Crippen LogP) is 5.01. The molecule has 6 unspecified atom stereocenters. The molecule has 0 aromatic carbocycles. The van der Waals surface area contributed by atoms with Crippen LogP contribution in [0.5, 0.6) is 0 Å². The summed E-state index contributed by atoms with van der Waals surface area (Å²) in [4.78, 5) is 12.9. The first-order valence-electron chi connectivity index (χ1n) is 9.00. The number of carbonyl (C=O) groups excluding carboxylic acids is 1. The number of hydrogen-bond donors (Lipinski definition) is 0. The van der Waals surface area contributed by atoms with E-state index in [-0.39, 0.29) is 0 Å². The van der Waals surface area contributed by atoms with Gasteiger partial charge in [0.05, 0.1) is 0 Å². The Kier molecular flexibility index (Phi) is 4.33. The van der Waals surface area contributed by atoms with Crippen molar-refractivity contribution >= 4 is 5.78 Å². The van der Waals surface area contributed by atoms with Crippen LogP contribution in [0.3, 0.4) is 0 Å². The normalized spacial score (nSPS) is 41.6. The Bertz CT molecular complexity index is 383. The molecular weight excluding hydrogens is 244 g/mol. The molecular formula is C19H30O. The molecule has 6 atom stereocenters. The van der Waals surface area contributed by atoms with Crippen LogP contribution in [0.2, 0.25) is 0 Å². The number of unbranched alkanes of at least 4 members (excludes halogenated alkanes) is 3. The van der Waals surface area contributed by atoms with Gasteiger partial charge in [0.1, 0.15) is 5.78 Å². The highest BCUT2D eigenvalue weighted by Gasteiger charge is 2.58. The number of carbonyl (C=O) groups is 1. The van der Waals surface area contributed by atoms with Crippen molar-refractivity contribution in [3.8, 4) is 0 Å². The molecule has 20 heavy (non-hydrogen) atoms. The van der Waals surface area contributed by atoms with Crippen LogP contribution in [0.4, 0.5) is 0 Å². The van der Waals surface area contributed by atoms with Gasteiger partial charge in [-0.1, -0.05) is 58.1 Å². The summed E-state index contributed by atoms with van der Waals surface area (Å²) in [7, 11) is 0. The van der Waals surface area contributed by atoms with Gasteiger partial charge in [0, 0.05) is 11.8 Å². The van der Waals surface area contributed by atoms with E-state index < -0.39 is 0 Å². The molecule has 0 aliphatic heterocycles. The molecule has 2 fully saturated rings. The van der Waals surface area contributed by atoms with Gasteiger partial charge in [-0.15, -0.1) is 0 Å². The van der Waals surface area contributed by atoms with Crippen molar-refractivity contribution in [2.24, 2.45) is 35.5 Å². The minimum absolute atomic E-state index is 0.410. The molecule has 112 valence electrons. The van der Waals surface area contributed by atoms with Crippen LogP contribution in [0, 0.1) is 35.5 Å². The van der Waals surface area contributed by atoms with E-state index in [4.69, 9.17) is 0 Å². The van der Waals surface area contributed by atoms with E-state index in [2.05, 4.69) is 26.0 Å². The average Bonchev–Trinajstić information content (AvgIpc) is 3.11. The fourth-order valence-corrected chi connectivity index (χ4v) is 5.38. The number of Topliss-reactive ketones (excluding diaryl/α,β-unsaturated/α-hetero) is 1. The number of allylic oxidation sites excluding steroid dienone is 2. The Morgan fingerprint density at radius 3 is 2.50 bits per heavy atom. The van der Waals surface area contributed by atoms with Crippen LogP contribution in [-0.4, -0.2) is 5.78 Å². The molecule has 2 bridgehead atoms. The van der Waals surface area contributed by atoms with E-state index >= 15 is 0 Å². The second kappa shape index (κ2) is 6.03. The molecule has 3 aliphatic carbocycles. The second-order valence-electron chi connectivity index (χ2n) is 7.36. The second-order valence-corrected chi connectivity index (χ2v) is 7.36. The summed E-state index contributed by atoms with van der Waals surface area (Å²) in [6.45, 7) is 4.53. The van der Waals surface area contributed by atoms with Crippen LogP contribution >= 0.6 is 0 Å². The highest BCUT2D eigenvalue weighted by atomic mass is 16.1. The van der Waals surface area contributed by atoms with E-state index in [0.717, 1.165) is 11.8 Å². The van der Waals surface area contributed by atoms with Gasteiger partial charge in [0.25, 0.3) is 0 Å². The van der Waals surface area contributed by atoms with Crippen molar-refractivity contribution in [1.82, 2.24) is 0 Å². The molecule has 0 N–H and O–H groups in total. The highest BCUT2D eigenvalue weighted by Crippen LogP contribution is 2.59. The molecule has 0 amide bonds. The molecule has 3 aliphatic rings. The average molecular weight is 274 g/mol. The minimum Gasteiger partial charge on any atom is -0.299 e. The molecule has 0 saturated heterocycles. The summed E-state index contributed by atoms with van der Waals surface area (Å²) < 4.78 is 0. The van der Waals surface area contributed by atoms with Gasteiger partial charge >= 0.3 is 0 Å². The lowest BCUT2D eigenvalue weighted by atomic mass is 9.77. The van der Waals surface area contributed by atoms with E-state index in [0.29, 0.717) is 29.5 Å². The summed E-state index contributed by atoms with van der Waals surface area (Å²) in [5.74, 6) is 4.26. The largest absolute Gasteiger partial charge is 0.299 e. The van der Waals surface area contributed by atoms with Crippen molar-refractivity contribution in [2.45, 2.75) is 65.2 Å². The molecule has 0 aromatic heterocycles. The van der Waals surface area contributed by atoms with Crippen LogP contribution in [0.15, 0.2) is 12.2 Å². The molecule has 0 aromatic rings. The Balaban J connectivity index is 1.73. The monoisotopic (exact) mass is 274 g/mol. The Morgan fingerprint density at radius 1 is 1.00 bits per heavy atom. The lowest BCUT2D eigenvalue weighted by Crippen LogP contribution is -2.21. The standard InChI is InChI=1S/C19H30O/c1-3-5-7-9-16-15(8-6-4-2)17-13-10-11-14(12-13)18(17)19(16)20/h10-11,13-18H,3-9,12H2,1-2H3. The van der Waals surface area contributed by atoms with Gasteiger partial charge in [-0.25, -0.2) is 0 Å². The zero-order chi connectivity index (χ0) is 14.1. The third-order valence-electron chi connectivity index (χ3n) is 6.24. The zero-order valence-corrected chi connectivity index (χ0v) is 13.2. The van der Waals surface area contributed by atoms with Gasteiger partial charge < -0.3 is 0 Å². The first kappa shape index (κ1) is 14.4. The molecule has 0 heterocycles. The smallest absolute Gasteiger partial charge is 0.140 e. The van der Waals surface area contributed by atoms with E-state index in [1.165, 1.54) is 51.4 Å². The molecule has 1 heteroatoms. The topological polar surface area (TPSA) is 17.1 Å². The lowest BCUT2D eigenvalue weighted by molar-refractivity contribution is -0.125. The maximum atomic E-state index is 12.9. The van der Waals surface area contributed by atoms with Crippen LogP contribution < -0.4 is 0 Å². The number of hydrogen-bond acceptors (Lipinski definition) is 1. The zero-order valence-electron chi connectivity index (χ0n) is 13.2. The summed E-state index contributed by atoms with van der Waals surface area (Å²) in [6, 6.07) is 0. The van der Waals surface area contributed by atoms with Crippen molar-refractivity contribution < 1.29 is 4.79 Å². The first-order valence-corrected chi connectivity index (χ1v) is 9.00. The SMILES string of the molecule is CCCCCC1C(=O)C2C3C=CC(C3)C2C1CCCC. The van der Waals surface area contributed by atoms with Crippen molar-refractivity contribution in [3.63, 3.8) is 0 Å². The third-order valence-corrected chi connectivity index (χ3v) is 6.24. The molecule has 0 radical (unpaired) electrons. The Hall–Kier alpha value is -0.590. The van der Waals surface area contributed by atoms with Crippen molar-refractivity contribution in [1.29, 1.82) is 0 Å². The number of rotatable bonds is 7. The van der Waals surface area contributed by atoms with Crippen LogP contribution in [0.1, 0.15) is 65.2 Å². The van der Waals surface area contributed by atoms with Crippen LogP contribution in [-0.2, 0) is 4.79 Å². The lowest BCUT2D eigenvalue weighted by Gasteiger charge is -2.27. The maximum absolute atomic E-state index is 12.9. The van der Waals surface area contributed by atoms with Gasteiger partial charge in [0.15, 0.2) is 0 Å². The Labute approximate surface area is 124 Å². The molecule has 2 saturated carbocycles. The van der Waals surface area contributed by atoms with E-state index in [9.17, 15) is 4.79 Å². The van der Waals surface area contributed by atoms with Gasteiger partial charge in [-0.05, 0) is 42.9 Å². The Morgan fingerprint density at radius 2 is 1.75 bits per heavy atom. The first-order chi connectivity index (χ1) is 9.77. The fraction of sp³-hybridized carbons (Fsp3) is 0.842. The summed E-state index contributed by atoms with van der Waals surface area (Å²) in [6.07, 6.45) is 15.0. The quantitative estimate of drug-likeness (QED) is 0.471. The molecule has 0 spiro atoms. The highest BCUT2D eigenvalue weighted by molar-refractivity contribution is 5.87. The van der Waals surface area contributed by atoms with Crippen molar-refractivity contribution in [2.75, 3.05) is 0 Å². The summed E-state index contributed by atoms with van der Waals surface area (Å²) in [5.41, 5.74) is 0. The van der Waals surface area contributed by atoms with Crippen molar-refractivity contribution in [3.05, 3.63) is 12.2 Å². The fourth-order valence-electron chi connectivity index (χ4n) is 5.38. The van der Waals surface area contributed by atoms with E-state index in [1.54, 1.807) is 0 Å². The number of fused-ring (bicyclic) bond motifs is 5. The predicted molar refractivity (Wildman–Crippen MR) is 83.4 cm³/mol. The van der Waals surface area contributed by atoms with Gasteiger partial charge in [-0.2, -0.15) is 0 Å². The molecule has 1 nitrogen and oxygen atoms in total.